The maximum Gasteiger partial charge on any atom is 0.481 e. The molecule has 15 heteroatoms. The maximum absolute atomic E-state index is 11.5. The van der Waals surface area contributed by atoms with Crippen LogP contribution in [-0.2, 0) is 22.7 Å². The molecule has 1 aliphatic heterocycles. The van der Waals surface area contributed by atoms with Crippen LogP contribution in [-0.4, -0.2) is 48.2 Å². The van der Waals surface area contributed by atoms with Crippen LogP contribution in [0.25, 0.3) is 0 Å². The fraction of sp³-hybridized carbons (Fsp3) is 0.600. The van der Waals surface area contributed by atoms with Crippen LogP contribution in [0.2, 0.25) is 0 Å². The Morgan fingerprint density at radius 1 is 1.44 bits per heavy atom. The second-order valence-electron chi connectivity index (χ2n) is 5.25. The first kappa shape index (κ1) is 20.6. The lowest BCUT2D eigenvalue weighted by Crippen LogP contribution is -2.26. The van der Waals surface area contributed by atoms with Gasteiger partial charge in [-0.2, -0.15) is 4.31 Å². The minimum atomic E-state index is -5.23. The van der Waals surface area contributed by atoms with Gasteiger partial charge in [0.1, 0.15) is 12.3 Å². The van der Waals surface area contributed by atoms with Gasteiger partial charge < -0.3 is 24.5 Å². The molecule has 1 saturated heterocycles. The topological polar surface area (TPSA) is 181 Å². The maximum atomic E-state index is 11.5. The van der Waals surface area contributed by atoms with Gasteiger partial charge in [-0.1, -0.05) is 0 Å². The predicted octanol–water partition coefficient (Wildman–Crippen LogP) is 0.0890. The number of aromatic amines is 1. The Kier molecular flexibility index (Phi) is 6.17. The molecule has 0 amide bonds. The molecule has 1 aliphatic rings. The Morgan fingerprint density at radius 3 is 2.68 bits per heavy atom. The number of hydrogen-bond acceptors (Lipinski definition) is 8. The summed E-state index contributed by atoms with van der Waals surface area (Å²) in [6.07, 6.45) is -1.49. The van der Waals surface area contributed by atoms with Crippen molar-refractivity contribution in [1.82, 2.24) is 9.55 Å². The molecule has 0 bridgehead atoms. The van der Waals surface area contributed by atoms with Gasteiger partial charge in [-0.15, -0.1) is 0 Å². The number of aryl methyl sites for hydroxylation is 1. The van der Waals surface area contributed by atoms with Gasteiger partial charge in [-0.3, -0.25) is 18.9 Å². The van der Waals surface area contributed by atoms with Crippen molar-refractivity contribution < 1.29 is 42.5 Å². The first-order valence-corrected chi connectivity index (χ1v) is 10.2. The average molecular weight is 418 g/mol. The van der Waals surface area contributed by atoms with Crippen molar-refractivity contribution in [2.24, 2.45) is 0 Å². The molecule has 142 valence electrons. The van der Waals surface area contributed by atoms with E-state index in [0.717, 1.165) is 0 Å². The Labute approximate surface area is 145 Å². The van der Waals surface area contributed by atoms with Crippen LogP contribution in [0, 0.1) is 11.7 Å². The van der Waals surface area contributed by atoms with E-state index in [1.54, 1.807) is 6.92 Å². The first-order valence-electron chi connectivity index (χ1n) is 6.78. The Hall–Kier alpha value is -0.720. The SMILES string of the molecule is Cc1cn([C@H]2C[C@H](O)[C@@H](COP(=O)(O)OP(=O)(O)O)O2)c(=S)[nH]c1=O. The van der Waals surface area contributed by atoms with E-state index in [9.17, 15) is 23.9 Å². The molecule has 0 aromatic carbocycles. The standard InChI is InChI=1S/C10H16N2O10P2S/c1-5-3-12(10(25)11-9(5)14)8-2-6(13)7(21-8)4-20-24(18,19)22-23(15,16)17/h3,6-8,13H,2,4H2,1H3,(H,18,19)(H,11,14,25)(H2,15,16,17)/t6-,7+,8+/m0/s1. The number of hydrogen-bond donors (Lipinski definition) is 5. The van der Waals surface area contributed by atoms with Gasteiger partial charge in [0.2, 0.25) is 0 Å². The third kappa shape index (κ3) is 5.63. The van der Waals surface area contributed by atoms with Crippen molar-refractivity contribution in [2.75, 3.05) is 6.61 Å². The first-order chi connectivity index (χ1) is 11.4. The van der Waals surface area contributed by atoms with E-state index in [1.807, 2.05) is 0 Å². The van der Waals surface area contributed by atoms with Crippen LogP contribution in [0.4, 0.5) is 0 Å². The number of rotatable bonds is 6. The van der Waals surface area contributed by atoms with Gasteiger partial charge >= 0.3 is 15.6 Å². The van der Waals surface area contributed by atoms with Gasteiger partial charge in [0.05, 0.1) is 12.7 Å². The number of phosphoric acid groups is 2. The quantitative estimate of drug-likeness (QED) is 0.312. The molecular weight excluding hydrogens is 402 g/mol. The highest BCUT2D eigenvalue weighted by Crippen LogP contribution is 2.57. The molecule has 1 aromatic rings. The van der Waals surface area contributed by atoms with E-state index in [4.69, 9.17) is 26.7 Å². The van der Waals surface area contributed by atoms with Crippen molar-refractivity contribution in [3.05, 3.63) is 26.9 Å². The Bertz CT molecular complexity index is 847. The number of phosphoric ester groups is 1. The molecule has 0 spiro atoms. The number of aliphatic hydroxyl groups excluding tert-OH is 1. The summed E-state index contributed by atoms with van der Waals surface area (Å²) in [5.41, 5.74) is -0.00298. The van der Waals surface area contributed by atoms with E-state index in [-0.39, 0.29) is 16.8 Å². The molecule has 12 nitrogen and oxygen atoms in total. The fourth-order valence-electron chi connectivity index (χ4n) is 2.16. The summed E-state index contributed by atoms with van der Waals surface area (Å²) in [5, 5.41) is 9.97. The number of nitrogens with one attached hydrogen (secondary N) is 1. The third-order valence-electron chi connectivity index (χ3n) is 3.27. The van der Waals surface area contributed by atoms with Crippen molar-refractivity contribution in [3.8, 4) is 0 Å². The highest BCUT2D eigenvalue weighted by atomic mass is 32.1. The molecule has 0 saturated carbocycles. The lowest BCUT2D eigenvalue weighted by atomic mass is 10.2. The lowest BCUT2D eigenvalue weighted by molar-refractivity contribution is -0.0444. The number of ether oxygens (including phenoxy) is 1. The Morgan fingerprint density at radius 2 is 2.08 bits per heavy atom. The average Bonchev–Trinajstić information content (AvgIpc) is 2.79. The molecule has 1 unspecified atom stereocenters. The van der Waals surface area contributed by atoms with E-state index in [2.05, 4.69) is 13.8 Å². The number of H-pyrrole nitrogens is 1. The van der Waals surface area contributed by atoms with Crippen molar-refractivity contribution in [1.29, 1.82) is 0 Å². The number of aliphatic hydroxyl groups is 1. The normalized spacial score (nSPS) is 26.5. The summed E-state index contributed by atoms with van der Waals surface area (Å²) >= 11 is 5.02. The second-order valence-corrected chi connectivity index (χ2v) is 8.46. The molecule has 1 fully saturated rings. The molecule has 4 atom stereocenters. The van der Waals surface area contributed by atoms with E-state index in [1.165, 1.54) is 10.8 Å². The third-order valence-corrected chi connectivity index (χ3v) is 5.74. The highest BCUT2D eigenvalue weighted by molar-refractivity contribution is 7.71. The van der Waals surface area contributed by atoms with Crippen molar-refractivity contribution >= 4 is 27.9 Å². The predicted molar refractivity (Wildman–Crippen MR) is 84.1 cm³/mol. The largest absolute Gasteiger partial charge is 0.481 e. The number of aromatic nitrogens is 2. The van der Waals surface area contributed by atoms with E-state index < -0.39 is 40.7 Å². The second kappa shape index (κ2) is 7.49. The summed E-state index contributed by atoms with van der Waals surface area (Å²) in [7, 11) is -10.3. The van der Waals surface area contributed by atoms with Crippen LogP contribution in [0.15, 0.2) is 11.0 Å². The van der Waals surface area contributed by atoms with E-state index in [0.29, 0.717) is 5.56 Å². The molecular formula is C10H16N2O10P2S. The minimum absolute atomic E-state index is 0.0445. The zero-order valence-electron chi connectivity index (χ0n) is 12.7. The summed E-state index contributed by atoms with van der Waals surface area (Å²) < 4.78 is 37.0. The van der Waals surface area contributed by atoms with Crippen LogP contribution in [0.3, 0.4) is 0 Å². The summed E-state index contributed by atoms with van der Waals surface area (Å²) in [6.45, 7) is 0.888. The zero-order chi connectivity index (χ0) is 19.0. The van der Waals surface area contributed by atoms with Crippen LogP contribution in [0.1, 0.15) is 18.2 Å². The monoisotopic (exact) mass is 418 g/mol. The van der Waals surface area contributed by atoms with E-state index >= 15 is 0 Å². The molecule has 25 heavy (non-hydrogen) atoms. The minimum Gasteiger partial charge on any atom is -0.390 e. The van der Waals surface area contributed by atoms with Crippen molar-refractivity contribution in [3.63, 3.8) is 0 Å². The molecule has 0 aliphatic carbocycles. The summed E-state index contributed by atoms with van der Waals surface area (Å²) in [5.74, 6) is 0. The van der Waals surface area contributed by atoms with Crippen LogP contribution in [0.5, 0.6) is 0 Å². The van der Waals surface area contributed by atoms with Crippen LogP contribution >= 0.6 is 27.9 Å². The molecule has 0 radical (unpaired) electrons. The summed E-state index contributed by atoms with van der Waals surface area (Å²) in [6, 6.07) is 0. The van der Waals surface area contributed by atoms with Gasteiger partial charge in [0.25, 0.3) is 5.56 Å². The molecule has 1 aromatic heterocycles. The smallest absolute Gasteiger partial charge is 0.390 e. The number of nitrogens with zero attached hydrogens (tertiary/aromatic N) is 1. The molecule has 2 rings (SSSR count). The zero-order valence-corrected chi connectivity index (χ0v) is 15.3. The van der Waals surface area contributed by atoms with Gasteiger partial charge in [-0.05, 0) is 19.1 Å². The Balaban J connectivity index is 2.06. The lowest BCUT2D eigenvalue weighted by Gasteiger charge is -2.18. The molecule has 5 N–H and O–H groups in total. The highest BCUT2D eigenvalue weighted by Gasteiger charge is 2.39. The van der Waals surface area contributed by atoms with Crippen molar-refractivity contribution in [2.45, 2.75) is 31.8 Å². The van der Waals surface area contributed by atoms with Gasteiger partial charge in [0.15, 0.2) is 4.77 Å². The fourth-order valence-corrected chi connectivity index (χ4v) is 4.02. The van der Waals surface area contributed by atoms with Gasteiger partial charge in [0, 0.05) is 18.2 Å². The van der Waals surface area contributed by atoms with Crippen LogP contribution < -0.4 is 5.56 Å². The summed E-state index contributed by atoms with van der Waals surface area (Å²) in [4.78, 5) is 40.2. The molecule has 2 heterocycles. The van der Waals surface area contributed by atoms with Gasteiger partial charge in [-0.25, -0.2) is 9.13 Å².